The first kappa shape index (κ1) is 31.6. The van der Waals surface area contributed by atoms with E-state index in [1.165, 1.54) is 50.5 Å². The number of methoxy groups -OCH3 is 3. The molecule has 0 bridgehead atoms. The summed E-state index contributed by atoms with van der Waals surface area (Å²) >= 11 is 6.63. The number of aryl methyl sites for hydroxylation is 1. The van der Waals surface area contributed by atoms with E-state index in [4.69, 9.17) is 25.8 Å². The second-order valence-electron chi connectivity index (χ2n) is 11.1. The van der Waals surface area contributed by atoms with Crippen LogP contribution in [0.5, 0.6) is 17.2 Å². The summed E-state index contributed by atoms with van der Waals surface area (Å²) in [5.74, 6) is -0.00253. The maximum atomic E-state index is 15.3. The molecule has 0 N–H and O–H groups in total. The van der Waals surface area contributed by atoms with Crippen molar-refractivity contribution < 1.29 is 32.2 Å². The van der Waals surface area contributed by atoms with Gasteiger partial charge in [-0.25, -0.2) is 12.7 Å². The number of likely N-dealkylation sites (tertiary alicyclic amines) is 1. The number of benzene rings is 3. The van der Waals surface area contributed by atoms with Crippen LogP contribution in [0.3, 0.4) is 0 Å². The Balaban J connectivity index is 1.84. The number of sulfonamides is 1. The number of hydrogen-bond acceptors (Lipinski definition) is 8. The second-order valence-corrected chi connectivity index (χ2v) is 13.3. The molecule has 234 valence electrons. The van der Waals surface area contributed by atoms with Crippen LogP contribution < -0.4 is 18.5 Å². The van der Waals surface area contributed by atoms with E-state index >= 15 is 4.79 Å². The van der Waals surface area contributed by atoms with E-state index in [1.54, 1.807) is 51.4 Å². The zero-order valence-corrected chi connectivity index (χ0v) is 27.2. The van der Waals surface area contributed by atoms with E-state index in [9.17, 15) is 13.2 Å². The molecule has 2 heterocycles. The van der Waals surface area contributed by atoms with Gasteiger partial charge in [0.1, 0.15) is 22.1 Å². The van der Waals surface area contributed by atoms with Crippen molar-refractivity contribution in [1.82, 2.24) is 9.80 Å². The maximum Gasteiger partial charge on any atom is 0.274 e. The van der Waals surface area contributed by atoms with Gasteiger partial charge in [-0.1, -0.05) is 29.8 Å². The minimum atomic E-state index is -4.58. The fourth-order valence-electron chi connectivity index (χ4n) is 6.34. The number of carbonyl (C=O) groups excluding carboxylic acids is 2. The van der Waals surface area contributed by atoms with E-state index in [2.05, 4.69) is 0 Å². The Morgan fingerprint density at radius 2 is 1.70 bits per heavy atom. The molecule has 5 rings (SSSR count). The summed E-state index contributed by atoms with van der Waals surface area (Å²) in [5.41, 5.74) is 0.0451. The first-order valence-electron chi connectivity index (χ1n) is 14.2. The highest BCUT2D eigenvalue weighted by atomic mass is 35.5. The molecule has 3 aromatic carbocycles. The molecule has 2 aliphatic heterocycles. The smallest absolute Gasteiger partial charge is 0.274 e. The number of halogens is 1. The van der Waals surface area contributed by atoms with Crippen molar-refractivity contribution in [3.05, 3.63) is 76.3 Å². The fourth-order valence-corrected chi connectivity index (χ4v) is 8.09. The lowest BCUT2D eigenvalue weighted by Gasteiger charge is -2.42. The van der Waals surface area contributed by atoms with Crippen molar-refractivity contribution in [3.63, 3.8) is 0 Å². The third-order valence-corrected chi connectivity index (χ3v) is 10.6. The Labute approximate surface area is 263 Å². The number of ether oxygens (including phenoxy) is 3. The minimum absolute atomic E-state index is 0.0160. The summed E-state index contributed by atoms with van der Waals surface area (Å²) in [6.07, 6.45) is 1.50. The van der Waals surface area contributed by atoms with Crippen LogP contribution in [0.1, 0.15) is 36.0 Å². The molecule has 12 heteroatoms. The van der Waals surface area contributed by atoms with Gasteiger partial charge in [0, 0.05) is 55.3 Å². The van der Waals surface area contributed by atoms with Gasteiger partial charge < -0.3 is 19.1 Å². The van der Waals surface area contributed by atoms with Crippen LogP contribution in [0, 0.1) is 6.92 Å². The maximum absolute atomic E-state index is 15.3. The first-order valence-corrected chi connectivity index (χ1v) is 16.0. The summed E-state index contributed by atoms with van der Waals surface area (Å²) < 4.78 is 46.7. The highest BCUT2D eigenvalue weighted by Gasteiger charge is 2.62. The van der Waals surface area contributed by atoms with Gasteiger partial charge in [-0.2, -0.15) is 0 Å². The monoisotopic (exact) mass is 641 g/mol. The van der Waals surface area contributed by atoms with Gasteiger partial charge in [-0.15, -0.1) is 0 Å². The van der Waals surface area contributed by atoms with Gasteiger partial charge in [0.2, 0.25) is 5.91 Å². The van der Waals surface area contributed by atoms with E-state index in [-0.39, 0.29) is 34.7 Å². The number of para-hydroxylation sites is 1. The summed E-state index contributed by atoms with van der Waals surface area (Å²) in [6.45, 7) is 2.25. The van der Waals surface area contributed by atoms with Crippen molar-refractivity contribution >= 4 is 39.1 Å². The SMILES string of the molecule is COc1ccc(S(=O)(=O)N2C(=O)C(c3ccccc3OC)(N3CCC[C@H]3CC(=O)N(C)C)c3cc(C)c(Cl)cc32)c(OC)c1. The lowest BCUT2D eigenvalue weighted by Crippen LogP contribution is -2.57. The van der Waals surface area contributed by atoms with Crippen LogP contribution in [-0.2, 0) is 25.2 Å². The largest absolute Gasteiger partial charge is 0.497 e. The van der Waals surface area contributed by atoms with E-state index in [0.29, 0.717) is 52.6 Å². The van der Waals surface area contributed by atoms with Gasteiger partial charge in [-0.05, 0) is 55.7 Å². The van der Waals surface area contributed by atoms with Gasteiger partial charge in [0.05, 0.1) is 27.0 Å². The number of fused-ring (bicyclic) bond motifs is 1. The molecular weight excluding hydrogens is 606 g/mol. The van der Waals surface area contributed by atoms with Crippen LogP contribution in [0.25, 0.3) is 0 Å². The third kappa shape index (κ3) is 4.87. The average Bonchev–Trinajstić information content (AvgIpc) is 3.56. The van der Waals surface area contributed by atoms with Crippen LogP contribution >= 0.6 is 11.6 Å². The summed E-state index contributed by atoms with van der Waals surface area (Å²) in [5, 5.41) is 0.301. The topological polar surface area (TPSA) is 106 Å². The average molecular weight is 642 g/mol. The number of carbonyl (C=O) groups is 2. The minimum Gasteiger partial charge on any atom is -0.497 e. The van der Waals surface area contributed by atoms with Crippen molar-refractivity contribution in [2.75, 3.05) is 46.3 Å². The van der Waals surface area contributed by atoms with Gasteiger partial charge in [0.15, 0.2) is 5.54 Å². The molecular formula is C32H36ClN3O7S. The normalized spacial score (nSPS) is 20.0. The Kier molecular flexibility index (Phi) is 8.58. The molecule has 2 aliphatic rings. The van der Waals surface area contributed by atoms with Crippen molar-refractivity contribution in [3.8, 4) is 17.2 Å². The van der Waals surface area contributed by atoms with Gasteiger partial charge in [0.25, 0.3) is 15.9 Å². The molecule has 0 saturated carbocycles. The number of anilines is 1. The predicted molar refractivity (Wildman–Crippen MR) is 167 cm³/mol. The third-order valence-electron chi connectivity index (χ3n) is 8.48. The molecule has 0 aromatic heterocycles. The number of nitrogens with zero attached hydrogens (tertiary/aromatic N) is 3. The molecule has 10 nitrogen and oxygen atoms in total. The number of amides is 2. The fraction of sp³-hybridized carbons (Fsp3) is 0.375. The molecule has 0 spiro atoms. The Morgan fingerprint density at radius 3 is 2.36 bits per heavy atom. The highest BCUT2D eigenvalue weighted by molar-refractivity contribution is 7.93. The molecule has 44 heavy (non-hydrogen) atoms. The quantitative estimate of drug-likeness (QED) is 0.334. The van der Waals surface area contributed by atoms with Gasteiger partial charge >= 0.3 is 0 Å². The number of rotatable bonds is 9. The van der Waals surface area contributed by atoms with Crippen LogP contribution in [0.4, 0.5) is 5.69 Å². The van der Waals surface area contributed by atoms with E-state index in [1.807, 2.05) is 4.90 Å². The van der Waals surface area contributed by atoms with Crippen LogP contribution in [-0.4, -0.2) is 78.0 Å². The molecule has 3 aromatic rings. The summed E-state index contributed by atoms with van der Waals surface area (Å²) in [7, 11) is 3.12. The number of hydrogen-bond donors (Lipinski definition) is 0. The summed E-state index contributed by atoms with van der Waals surface area (Å²) in [4.78, 5) is 31.6. The van der Waals surface area contributed by atoms with E-state index in [0.717, 1.165) is 4.31 Å². The molecule has 1 unspecified atom stereocenters. The van der Waals surface area contributed by atoms with Crippen LogP contribution in [0.15, 0.2) is 59.5 Å². The zero-order valence-electron chi connectivity index (χ0n) is 25.6. The van der Waals surface area contributed by atoms with Crippen molar-refractivity contribution in [1.29, 1.82) is 0 Å². The predicted octanol–water partition coefficient (Wildman–Crippen LogP) is 4.60. The lowest BCUT2D eigenvalue weighted by molar-refractivity contribution is -0.133. The van der Waals surface area contributed by atoms with Gasteiger partial charge in [-0.3, -0.25) is 14.5 Å². The molecule has 0 aliphatic carbocycles. The molecule has 2 amide bonds. The van der Waals surface area contributed by atoms with Crippen LogP contribution in [0.2, 0.25) is 5.02 Å². The van der Waals surface area contributed by atoms with E-state index < -0.39 is 21.5 Å². The lowest BCUT2D eigenvalue weighted by atomic mass is 9.80. The van der Waals surface area contributed by atoms with Crippen molar-refractivity contribution in [2.24, 2.45) is 0 Å². The Bertz CT molecular complexity index is 1730. The first-order chi connectivity index (χ1) is 20.9. The van der Waals surface area contributed by atoms with Crippen molar-refractivity contribution in [2.45, 2.75) is 42.7 Å². The highest BCUT2D eigenvalue weighted by Crippen LogP contribution is 2.55. The standard InChI is InChI=1S/C32H36ClN3O7S/c1-20-16-24-26(19-25(20)33)36(44(39,40)29-14-13-22(41-4)18-28(29)43-6)31(38)32(24,23-11-7-8-12-27(23)42-5)35-15-9-10-21(35)17-30(37)34(2)3/h7-8,11-14,16,18-19,21H,9-10,15,17H2,1-6H3/t21-,32?/m0/s1. The zero-order chi connectivity index (χ0) is 32.0. The summed E-state index contributed by atoms with van der Waals surface area (Å²) in [6, 6.07) is 14.3. The molecule has 0 radical (unpaired) electrons. The molecule has 1 saturated heterocycles. The molecule has 1 fully saturated rings. The Morgan fingerprint density at radius 1 is 1.00 bits per heavy atom. The second kappa shape index (κ2) is 11.9. The molecule has 2 atom stereocenters. The Hall–Kier alpha value is -3.80.